The van der Waals surface area contributed by atoms with E-state index >= 15 is 0 Å². The van der Waals surface area contributed by atoms with Gasteiger partial charge in [-0.25, -0.2) is 9.79 Å². The molecule has 0 saturated carbocycles. The van der Waals surface area contributed by atoms with Crippen molar-refractivity contribution in [2.75, 3.05) is 6.61 Å². The number of aliphatic imine (C=N–C) groups is 1. The highest BCUT2D eigenvalue weighted by atomic mass is 32.2. The number of aliphatic hydroxyl groups is 1. The Morgan fingerprint density at radius 3 is 2.38 bits per heavy atom. The number of aryl methyl sites for hydroxylation is 1. The molecular formula is C28H25NO4S. The third-order valence-electron chi connectivity index (χ3n) is 5.06. The van der Waals surface area contributed by atoms with E-state index < -0.39 is 5.97 Å². The highest BCUT2D eigenvalue weighted by Gasteiger charge is 2.33. The summed E-state index contributed by atoms with van der Waals surface area (Å²) in [5.41, 5.74) is 3.85. The summed E-state index contributed by atoms with van der Waals surface area (Å²) in [5, 5.41) is 11.3. The predicted molar refractivity (Wildman–Crippen MR) is 137 cm³/mol. The summed E-state index contributed by atoms with van der Waals surface area (Å²) in [6.45, 7) is 4.42. The first-order valence-electron chi connectivity index (χ1n) is 11.0. The van der Waals surface area contributed by atoms with Crippen molar-refractivity contribution in [3.05, 3.63) is 112 Å². The number of esters is 1. The Bertz CT molecular complexity index is 1240. The minimum Gasteiger partial charge on any atom is -0.506 e. The maximum Gasteiger partial charge on any atom is 0.344 e. The van der Waals surface area contributed by atoms with Gasteiger partial charge in [0.25, 0.3) is 0 Å². The highest BCUT2D eigenvalue weighted by molar-refractivity contribution is 8.18. The number of benzene rings is 3. The fourth-order valence-corrected chi connectivity index (χ4v) is 4.32. The number of carbonyl (C=O) groups is 1. The van der Waals surface area contributed by atoms with E-state index in [0.29, 0.717) is 22.2 Å². The van der Waals surface area contributed by atoms with Crippen LogP contribution in [-0.4, -0.2) is 22.7 Å². The first-order chi connectivity index (χ1) is 16.5. The summed E-state index contributed by atoms with van der Waals surface area (Å²) in [4.78, 5) is 17.7. The van der Waals surface area contributed by atoms with Crippen molar-refractivity contribution < 1.29 is 19.4 Å². The van der Waals surface area contributed by atoms with Crippen molar-refractivity contribution in [1.82, 2.24) is 0 Å². The van der Waals surface area contributed by atoms with Gasteiger partial charge in [0.1, 0.15) is 28.7 Å². The lowest BCUT2D eigenvalue weighted by Crippen LogP contribution is -2.12. The van der Waals surface area contributed by atoms with Crippen molar-refractivity contribution in [3.63, 3.8) is 0 Å². The fourth-order valence-electron chi connectivity index (χ4n) is 3.28. The molecule has 0 amide bonds. The average Bonchev–Trinajstić information content (AvgIpc) is 3.15. The number of nitrogens with zero attached hydrogens (tertiary/aromatic N) is 1. The number of ether oxygens (including phenoxy) is 2. The van der Waals surface area contributed by atoms with Crippen LogP contribution in [0.3, 0.4) is 0 Å². The standard InChI is InChI=1S/C28H25NO4S/c1-3-32-28(31)25-26(30)24(34-27(25)29-22-13-9-19(2)10-14-22)17-20-11-15-23(16-12-20)33-18-21-7-5-4-6-8-21/h4-17,30H,3,18H2,1-2H3. The Labute approximate surface area is 203 Å². The normalized spacial score (nSPS) is 15.7. The van der Waals surface area contributed by atoms with Crippen molar-refractivity contribution in [2.45, 2.75) is 20.5 Å². The van der Waals surface area contributed by atoms with E-state index in [2.05, 4.69) is 4.99 Å². The quantitative estimate of drug-likeness (QED) is 0.385. The molecule has 0 unspecified atom stereocenters. The zero-order valence-electron chi connectivity index (χ0n) is 19.0. The van der Waals surface area contributed by atoms with E-state index in [1.165, 1.54) is 11.8 Å². The lowest BCUT2D eigenvalue weighted by atomic mass is 10.1. The van der Waals surface area contributed by atoms with Crippen LogP contribution >= 0.6 is 11.8 Å². The maximum atomic E-state index is 12.6. The van der Waals surface area contributed by atoms with Crippen molar-refractivity contribution in [2.24, 2.45) is 4.99 Å². The summed E-state index contributed by atoms with van der Waals surface area (Å²) in [6, 6.07) is 25.2. The first-order valence-corrected chi connectivity index (χ1v) is 11.8. The Kier molecular flexibility index (Phi) is 7.50. The van der Waals surface area contributed by atoms with Gasteiger partial charge in [0.15, 0.2) is 0 Å². The van der Waals surface area contributed by atoms with Gasteiger partial charge in [-0.05, 0) is 55.3 Å². The molecule has 0 saturated heterocycles. The van der Waals surface area contributed by atoms with Crippen LogP contribution < -0.4 is 4.74 Å². The molecular weight excluding hydrogens is 446 g/mol. The Morgan fingerprint density at radius 2 is 1.71 bits per heavy atom. The molecule has 1 N–H and O–H groups in total. The van der Waals surface area contributed by atoms with Gasteiger partial charge in [-0.15, -0.1) is 0 Å². The molecule has 0 atom stereocenters. The van der Waals surface area contributed by atoms with E-state index in [1.807, 2.05) is 91.9 Å². The van der Waals surface area contributed by atoms with Crippen LogP contribution in [0.15, 0.2) is 100 Å². The molecule has 6 heteroatoms. The average molecular weight is 472 g/mol. The summed E-state index contributed by atoms with van der Waals surface area (Å²) in [7, 11) is 0. The van der Waals surface area contributed by atoms with Gasteiger partial charge < -0.3 is 14.6 Å². The molecule has 0 radical (unpaired) electrons. The molecule has 0 aliphatic carbocycles. The molecule has 1 aliphatic heterocycles. The second kappa shape index (κ2) is 10.9. The molecule has 1 aliphatic rings. The number of thioether (sulfide) groups is 1. The third kappa shape index (κ3) is 5.77. The molecule has 1 heterocycles. The van der Waals surface area contributed by atoms with Gasteiger partial charge >= 0.3 is 5.97 Å². The predicted octanol–water partition coefficient (Wildman–Crippen LogP) is 6.77. The number of aliphatic hydroxyl groups excluding tert-OH is 1. The van der Waals surface area contributed by atoms with Gasteiger partial charge in [0.2, 0.25) is 0 Å². The SMILES string of the molecule is CCOC(=O)C1=C(O)C(=Cc2ccc(OCc3ccccc3)cc2)SC1=Nc1ccc(C)cc1. The Morgan fingerprint density at radius 1 is 1.00 bits per heavy atom. The molecule has 172 valence electrons. The smallest absolute Gasteiger partial charge is 0.344 e. The van der Waals surface area contributed by atoms with Crippen molar-refractivity contribution in [1.29, 1.82) is 0 Å². The molecule has 0 aromatic heterocycles. The molecule has 0 spiro atoms. The van der Waals surface area contributed by atoms with E-state index in [4.69, 9.17) is 9.47 Å². The molecule has 3 aromatic carbocycles. The number of rotatable bonds is 7. The molecule has 0 fully saturated rings. The van der Waals surface area contributed by atoms with Crippen LogP contribution in [0.2, 0.25) is 0 Å². The first kappa shape index (κ1) is 23.4. The van der Waals surface area contributed by atoms with Crippen LogP contribution in [0.1, 0.15) is 23.6 Å². The van der Waals surface area contributed by atoms with Crippen molar-refractivity contribution in [3.8, 4) is 5.75 Å². The topological polar surface area (TPSA) is 68.1 Å². The molecule has 5 nitrogen and oxygen atoms in total. The third-order valence-corrected chi connectivity index (χ3v) is 6.08. The van der Waals surface area contributed by atoms with Gasteiger partial charge in [0, 0.05) is 0 Å². The second-order valence-corrected chi connectivity index (χ2v) is 8.68. The maximum absolute atomic E-state index is 12.6. The zero-order chi connectivity index (χ0) is 23.9. The Hall–Kier alpha value is -3.77. The van der Waals surface area contributed by atoms with Crippen LogP contribution in [0.5, 0.6) is 5.75 Å². The van der Waals surface area contributed by atoms with Crippen LogP contribution in [0, 0.1) is 6.92 Å². The van der Waals surface area contributed by atoms with Crippen LogP contribution in [0.25, 0.3) is 6.08 Å². The lowest BCUT2D eigenvalue weighted by molar-refractivity contribution is -0.138. The monoisotopic (exact) mass is 471 g/mol. The van der Waals surface area contributed by atoms with E-state index in [1.54, 1.807) is 6.92 Å². The molecule has 4 rings (SSSR count). The minimum atomic E-state index is -0.591. The van der Waals surface area contributed by atoms with Crippen molar-refractivity contribution >= 4 is 34.5 Å². The second-order valence-electron chi connectivity index (χ2n) is 7.65. The zero-order valence-corrected chi connectivity index (χ0v) is 19.8. The van der Waals surface area contributed by atoms with Gasteiger partial charge in [-0.3, -0.25) is 0 Å². The minimum absolute atomic E-state index is 0.0847. The number of hydrogen-bond acceptors (Lipinski definition) is 6. The van der Waals surface area contributed by atoms with Gasteiger partial charge in [-0.2, -0.15) is 0 Å². The molecule has 34 heavy (non-hydrogen) atoms. The lowest BCUT2D eigenvalue weighted by Gasteiger charge is -2.06. The summed E-state index contributed by atoms with van der Waals surface area (Å²) >= 11 is 1.24. The van der Waals surface area contributed by atoms with E-state index in [9.17, 15) is 9.90 Å². The van der Waals surface area contributed by atoms with E-state index in [-0.39, 0.29) is 17.9 Å². The number of carbonyl (C=O) groups excluding carboxylic acids is 1. The van der Waals surface area contributed by atoms with E-state index in [0.717, 1.165) is 22.4 Å². The number of hydrogen-bond donors (Lipinski definition) is 1. The summed E-state index contributed by atoms with van der Waals surface area (Å²) in [6.07, 6.45) is 1.82. The van der Waals surface area contributed by atoms with Crippen LogP contribution in [-0.2, 0) is 16.1 Å². The largest absolute Gasteiger partial charge is 0.506 e. The van der Waals surface area contributed by atoms with Gasteiger partial charge in [-0.1, -0.05) is 71.9 Å². The summed E-state index contributed by atoms with van der Waals surface area (Å²) < 4.78 is 11.0. The van der Waals surface area contributed by atoms with Crippen LogP contribution in [0.4, 0.5) is 5.69 Å². The molecule has 3 aromatic rings. The molecule has 0 bridgehead atoms. The van der Waals surface area contributed by atoms with Gasteiger partial charge in [0.05, 0.1) is 17.2 Å². The Balaban J connectivity index is 1.56. The highest BCUT2D eigenvalue weighted by Crippen LogP contribution is 2.40. The summed E-state index contributed by atoms with van der Waals surface area (Å²) in [5.74, 6) is 0.0313. The fraction of sp³-hybridized carbons (Fsp3) is 0.143.